The molecule has 1 aliphatic rings. The third-order valence-corrected chi connectivity index (χ3v) is 5.96. The van der Waals surface area contributed by atoms with E-state index in [1.807, 2.05) is 30.3 Å². The van der Waals surface area contributed by atoms with Crippen LogP contribution in [-0.4, -0.2) is 11.9 Å². The second-order valence-corrected chi connectivity index (χ2v) is 8.91. The number of carbonyl (C=O) groups is 1. The molecule has 0 atom stereocenters. The summed E-state index contributed by atoms with van der Waals surface area (Å²) in [6.07, 6.45) is 5.60. The average Bonchev–Trinajstić information content (AvgIpc) is 3.19. The first kappa shape index (κ1) is 21.9. The van der Waals surface area contributed by atoms with Crippen LogP contribution >= 0.6 is 45.8 Å². The van der Waals surface area contributed by atoms with Gasteiger partial charge < -0.3 is 10.1 Å². The zero-order valence-corrected chi connectivity index (χ0v) is 19.2. The normalized spacial score (nSPS) is 14.5. The molecule has 1 amide bonds. The highest BCUT2D eigenvalue weighted by Crippen LogP contribution is 2.35. The topological polar surface area (TPSA) is 62.1 Å². The van der Waals surface area contributed by atoms with Crippen LogP contribution in [0.15, 0.2) is 42.0 Å². The Bertz CT molecular complexity index is 939. The highest BCUT2D eigenvalue weighted by molar-refractivity contribution is 14.1. The van der Waals surface area contributed by atoms with Gasteiger partial charge in [-0.1, -0.05) is 48.2 Å². The smallest absolute Gasteiger partial charge is 0.262 e. The van der Waals surface area contributed by atoms with Crippen molar-refractivity contribution in [1.82, 2.24) is 5.32 Å². The zero-order valence-electron chi connectivity index (χ0n) is 15.6. The SMILES string of the molecule is N#C/C(=C/c1cc(Cl)c(OCc2ccc(I)cc2)c(Cl)c1)C(=O)NC1CCCC1. The molecule has 1 aliphatic carbocycles. The third-order valence-electron chi connectivity index (χ3n) is 4.68. The van der Waals surface area contributed by atoms with E-state index in [0.29, 0.717) is 28.0 Å². The Labute approximate surface area is 194 Å². The van der Waals surface area contributed by atoms with Crippen LogP contribution in [0, 0.1) is 14.9 Å². The van der Waals surface area contributed by atoms with E-state index in [9.17, 15) is 10.1 Å². The molecule has 29 heavy (non-hydrogen) atoms. The number of nitrogens with one attached hydrogen (secondary N) is 1. The maximum atomic E-state index is 12.4. The molecule has 1 N–H and O–H groups in total. The molecule has 2 aromatic rings. The van der Waals surface area contributed by atoms with Crippen LogP contribution < -0.4 is 10.1 Å². The molecule has 0 radical (unpaired) electrons. The maximum Gasteiger partial charge on any atom is 0.262 e. The van der Waals surface area contributed by atoms with Gasteiger partial charge in [-0.2, -0.15) is 5.26 Å². The summed E-state index contributed by atoms with van der Waals surface area (Å²) in [5.74, 6) is 0.00336. The first-order valence-corrected chi connectivity index (χ1v) is 11.1. The van der Waals surface area contributed by atoms with Crippen molar-refractivity contribution in [3.63, 3.8) is 0 Å². The van der Waals surface area contributed by atoms with E-state index in [1.54, 1.807) is 12.1 Å². The summed E-state index contributed by atoms with van der Waals surface area (Å²) in [6, 6.07) is 13.3. The molecule has 0 heterocycles. The third kappa shape index (κ3) is 6.11. The first-order valence-electron chi connectivity index (χ1n) is 9.25. The summed E-state index contributed by atoms with van der Waals surface area (Å²) < 4.78 is 6.93. The number of rotatable bonds is 6. The van der Waals surface area contributed by atoms with E-state index in [-0.39, 0.29) is 17.5 Å². The van der Waals surface area contributed by atoms with Crippen molar-refractivity contribution in [1.29, 1.82) is 5.26 Å². The van der Waals surface area contributed by atoms with E-state index < -0.39 is 0 Å². The Kier molecular flexibility index (Phi) is 7.82. The number of halogens is 3. The number of ether oxygens (including phenoxy) is 1. The van der Waals surface area contributed by atoms with Gasteiger partial charge in [0.1, 0.15) is 18.2 Å². The summed E-state index contributed by atoms with van der Waals surface area (Å²) in [4.78, 5) is 12.4. The fourth-order valence-corrected chi connectivity index (χ4v) is 4.16. The van der Waals surface area contributed by atoms with Crippen molar-refractivity contribution >= 4 is 57.8 Å². The Morgan fingerprint density at radius 3 is 2.41 bits per heavy atom. The number of amides is 1. The van der Waals surface area contributed by atoms with Gasteiger partial charge >= 0.3 is 0 Å². The highest BCUT2D eigenvalue weighted by atomic mass is 127. The fourth-order valence-electron chi connectivity index (χ4n) is 3.19. The predicted octanol–water partition coefficient (Wildman–Crippen LogP) is 6.14. The van der Waals surface area contributed by atoms with Crippen molar-refractivity contribution < 1.29 is 9.53 Å². The molecule has 2 aromatic carbocycles. The minimum Gasteiger partial charge on any atom is -0.486 e. The molecule has 3 rings (SSSR count). The minimum atomic E-state index is -0.370. The van der Waals surface area contributed by atoms with E-state index in [1.165, 1.54) is 6.08 Å². The molecular weight excluding hydrogens is 522 g/mol. The number of benzene rings is 2. The largest absolute Gasteiger partial charge is 0.486 e. The molecule has 0 spiro atoms. The predicted molar refractivity (Wildman–Crippen MR) is 124 cm³/mol. The molecule has 0 bridgehead atoms. The number of hydrogen-bond acceptors (Lipinski definition) is 3. The van der Waals surface area contributed by atoms with E-state index in [2.05, 4.69) is 27.9 Å². The molecule has 0 aromatic heterocycles. The van der Waals surface area contributed by atoms with Crippen LogP contribution in [0.3, 0.4) is 0 Å². The lowest BCUT2D eigenvalue weighted by atomic mass is 10.1. The summed E-state index contributed by atoms with van der Waals surface area (Å²) in [6.45, 7) is 0.332. The monoisotopic (exact) mass is 540 g/mol. The van der Waals surface area contributed by atoms with Crippen molar-refractivity contribution in [3.05, 3.63) is 66.7 Å². The lowest BCUT2D eigenvalue weighted by Crippen LogP contribution is -2.33. The van der Waals surface area contributed by atoms with Gasteiger partial charge in [0.05, 0.1) is 10.0 Å². The summed E-state index contributed by atoms with van der Waals surface area (Å²) in [5, 5.41) is 12.9. The van der Waals surface area contributed by atoms with Crippen LogP contribution in [0.25, 0.3) is 6.08 Å². The van der Waals surface area contributed by atoms with Gasteiger partial charge in [-0.05, 0) is 76.9 Å². The summed E-state index contributed by atoms with van der Waals surface area (Å²) in [5.41, 5.74) is 1.59. The lowest BCUT2D eigenvalue weighted by molar-refractivity contribution is -0.117. The first-order chi connectivity index (χ1) is 14.0. The van der Waals surface area contributed by atoms with Crippen molar-refractivity contribution in [2.24, 2.45) is 0 Å². The van der Waals surface area contributed by atoms with Gasteiger partial charge in [-0.3, -0.25) is 4.79 Å². The molecule has 150 valence electrons. The number of nitriles is 1. The fraction of sp³-hybridized carbons (Fsp3) is 0.273. The zero-order chi connectivity index (χ0) is 20.8. The molecule has 7 heteroatoms. The van der Waals surface area contributed by atoms with Gasteiger partial charge in [0, 0.05) is 9.61 Å². The molecule has 0 aliphatic heterocycles. The molecule has 1 saturated carbocycles. The van der Waals surface area contributed by atoms with Gasteiger partial charge in [-0.15, -0.1) is 0 Å². The number of hydrogen-bond donors (Lipinski definition) is 1. The van der Waals surface area contributed by atoms with Crippen LogP contribution in [0.4, 0.5) is 0 Å². The highest BCUT2D eigenvalue weighted by Gasteiger charge is 2.19. The minimum absolute atomic E-state index is 0.0246. The van der Waals surface area contributed by atoms with Crippen LogP contribution in [0.1, 0.15) is 36.8 Å². The van der Waals surface area contributed by atoms with Crippen LogP contribution in [-0.2, 0) is 11.4 Å². The number of carbonyl (C=O) groups excluding carboxylic acids is 1. The average molecular weight is 541 g/mol. The van der Waals surface area contributed by atoms with Gasteiger partial charge in [-0.25, -0.2) is 0 Å². The Hall–Kier alpha value is -1.75. The maximum absolute atomic E-state index is 12.4. The Morgan fingerprint density at radius 1 is 1.21 bits per heavy atom. The molecular formula is C22H19Cl2IN2O2. The molecule has 4 nitrogen and oxygen atoms in total. The second-order valence-electron chi connectivity index (χ2n) is 6.85. The van der Waals surface area contributed by atoms with Gasteiger partial charge in [0.25, 0.3) is 5.91 Å². The van der Waals surface area contributed by atoms with E-state index >= 15 is 0 Å². The summed E-state index contributed by atoms with van der Waals surface area (Å²) >= 11 is 14.9. The van der Waals surface area contributed by atoms with Crippen molar-refractivity contribution in [3.8, 4) is 11.8 Å². The summed E-state index contributed by atoms with van der Waals surface area (Å²) in [7, 11) is 0. The Balaban J connectivity index is 1.73. The molecule has 0 saturated heterocycles. The molecule has 0 unspecified atom stereocenters. The number of nitrogens with zero attached hydrogens (tertiary/aromatic N) is 1. The van der Waals surface area contributed by atoms with Crippen LogP contribution in [0.5, 0.6) is 5.75 Å². The van der Waals surface area contributed by atoms with E-state index in [0.717, 1.165) is 34.8 Å². The van der Waals surface area contributed by atoms with Gasteiger partial charge in [0.15, 0.2) is 5.75 Å². The second kappa shape index (κ2) is 10.3. The van der Waals surface area contributed by atoms with E-state index in [4.69, 9.17) is 27.9 Å². The standard InChI is InChI=1S/C22H19Cl2IN2O2/c23-19-10-15(9-16(12-26)22(28)27-18-3-1-2-4-18)11-20(24)21(19)29-13-14-5-7-17(25)8-6-14/h5-11,18H,1-4,13H2,(H,27,28)/b16-9-. The van der Waals surface area contributed by atoms with Crippen molar-refractivity contribution in [2.45, 2.75) is 38.3 Å². The molecule has 1 fully saturated rings. The quantitative estimate of drug-likeness (QED) is 0.272. The van der Waals surface area contributed by atoms with Gasteiger partial charge in [0.2, 0.25) is 0 Å². The van der Waals surface area contributed by atoms with Crippen LogP contribution in [0.2, 0.25) is 10.0 Å². The lowest BCUT2D eigenvalue weighted by Gasteiger charge is -2.12. The van der Waals surface area contributed by atoms with Crippen molar-refractivity contribution in [2.75, 3.05) is 0 Å². The Morgan fingerprint density at radius 2 is 1.83 bits per heavy atom.